The summed E-state index contributed by atoms with van der Waals surface area (Å²) in [6.45, 7) is 0.270. The summed E-state index contributed by atoms with van der Waals surface area (Å²) in [4.78, 5) is 47.8. The molecule has 14 nitrogen and oxygen atoms in total. The number of fused-ring (bicyclic) bond motifs is 2. The zero-order valence-corrected chi connectivity index (χ0v) is 19.7. The van der Waals surface area contributed by atoms with Crippen LogP contribution in [0.3, 0.4) is 0 Å². The van der Waals surface area contributed by atoms with Crippen molar-refractivity contribution in [1.82, 2.24) is 29.2 Å². The van der Waals surface area contributed by atoms with E-state index < -0.39 is 29.2 Å². The molecule has 0 saturated carbocycles. The monoisotopic (exact) mass is 516 g/mol. The minimum Gasteiger partial charge on any atom is -0.477 e. The predicted octanol–water partition coefficient (Wildman–Crippen LogP) is -1.16. The number of carbonyl (C=O) groups is 3. The van der Waals surface area contributed by atoms with E-state index in [1.807, 2.05) is 10.6 Å². The number of nitrogens with two attached hydrogens (primary N) is 1. The van der Waals surface area contributed by atoms with Crippen molar-refractivity contribution < 1.29 is 28.9 Å². The van der Waals surface area contributed by atoms with Gasteiger partial charge in [0.05, 0.1) is 6.20 Å². The Hall–Kier alpha value is -4.05. The van der Waals surface area contributed by atoms with Crippen LogP contribution in [-0.4, -0.2) is 76.8 Å². The number of amides is 2. The van der Waals surface area contributed by atoms with Crippen molar-refractivity contribution in [1.29, 1.82) is 0 Å². The normalized spacial score (nSPS) is 20.0. The lowest BCUT2D eigenvalue weighted by Crippen LogP contribution is -2.71. The number of oxime groups is 1. The zero-order valence-electron chi connectivity index (χ0n) is 18.1. The number of carboxylic acid groups (broad SMARTS) is 1. The number of nitrogen functional groups attached to an aromatic ring is 1. The van der Waals surface area contributed by atoms with Crippen LogP contribution in [0.15, 0.2) is 47.1 Å². The molecular weight excluding hydrogens is 498 g/mol. The number of nitrogens with one attached hydrogen (secondary N) is 1. The first-order valence-corrected chi connectivity index (χ1v) is 11.9. The average molecular weight is 517 g/mol. The van der Waals surface area contributed by atoms with E-state index in [0.29, 0.717) is 11.3 Å². The number of nitrogens with zero attached hydrogens (tertiary/aromatic N) is 7. The molecule has 0 aromatic carbocycles. The van der Waals surface area contributed by atoms with Gasteiger partial charge >= 0.3 is 11.6 Å². The fourth-order valence-corrected chi connectivity index (χ4v) is 5.67. The maximum absolute atomic E-state index is 13.0. The van der Waals surface area contributed by atoms with E-state index >= 15 is 0 Å². The van der Waals surface area contributed by atoms with Gasteiger partial charge in [0.15, 0.2) is 11.3 Å². The molecule has 1 fully saturated rings. The maximum atomic E-state index is 13.0. The summed E-state index contributed by atoms with van der Waals surface area (Å²) in [5.74, 6) is -2.17. The smallest absolute Gasteiger partial charge is 0.352 e. The van der Waals surface area contributed by atoms with Crippen LogP contribution in [0.4, 0.5) is 5.13 Å². The summed E-state index contributed by atoms with van der Waals surface area (Å²) in [7, 11) is 1.25. The van der Waals surface area contributed by atoms with Gasteiger partial charge in [-0.3, -0.25) is 14.5 Å². The van der Waals surface area contributed by atoms with Crippen LogP contribution in [0.5, 0.6) is 0 Å². The third kappa shape index (κ3) is 3.95. The van der Waals surface area contributed by atoms with Crippen molar-refractivity contribution in [3.8, 4) is 0 Å². The molecule has 4 N–H and O–H groups in total. The molecule has 0 spiro atoms. The number of aliphatic carboxylic acids is 1. The van der Waals surface area contributed by atoms with Crippen LogP contribution in [0.25, 0.3) is 5.65 Å². The number of carboxylic acids is 1. The van der Waals surface area contributed by atoms with Crippen LogP contribution >= 0.6 is 23.3 Å². The van der Waals surface area contributed by atoms with Gasteiger partial charge in [-0.25, -0.2) is 9.36 Å². The van der Waals surface area contributed by atoms with Crippen molar-refractivity contribution >= 4 is 57.6 Å². The maximum Gasteiger partial charge on any atom is 0.352 e. The van der Waals surface area contributed by atoms with Crippen molar-refractivity contribution in [3.05, 3.63) is 47.8 Å². The van der Waals surface area contributed by atoms with E-state index in [1.165, 1.54) is 23.8 Å². The fraction of sp³-hybridized carbons (Fsp3) is 0.263. The lowest BCUT2D eigenvalue weighted by molar-refractivity contribution is -0.662. The third-order valence-corrected chi connectivity index (χ3v) is 7.27. The van der Waals surface area contributed by atoms with Gasteiger partial charge in [-0.05, 0) is 6.07 Å². The van der Waals surface area contributed by atoms with E-state index in [9.17, 15) is 19.5 Å². The third-order valence-electron chi connectivity index (χ3n) is 5.39. The summed E-state index contributed by atoms with van der Waals surface area (Å²) in [5.41, 5.74) is 6.60. The van der Waals surface area contributed by atoms with Gasteiger partial charge in [-0.2, -0.15) is 9.36 Å². The highest BCUT2D eigenvalue weighted by Gasteiger charge is 2.54. The molecule has 2 aliphatic rings. The standard InChI is InChI=1S/C19H17N9O5S2/c1-33-24-11(14-23-19(20)35-25-14)15(29)22-12-16(30)28-13(18(31)32)9(8-34-17(12)28)7-26-5-6-27-10(26)3-2-4-21-27/h2-6,12,17H,7-8H2,1H3,(H3-,20,22,23,25,29,31,32)/p+1/b24-11-/t12-,17?/m1/s1. The van der Waals surface area contributed by atoms with E-state index in [-0.39, 0.29) is 28.9 Å². The minimum absolute atomic E-state index is 0.0357. The van der Waals surface area contributed by atoms with Crippen LogP contribution in [0.1, 0.15) is 5.82 Å². The molecule has 1 saturated heterocycles. The second kappa shape index (κ2) is 8.95. The van der Waals surface area contributed by atoms with Crippen molar-refractivity contribution in [2.45, 2.75) is 18.0 Å². The molecule has 5 rings (SSSR count). The van der Waals surface area contributed by atoms with Gasteiger partial charge in [0.1, 0.15) is 37.0 Å². The molecule has 3 aromatic rings. The highest BCUT2D eigenvalue weighted by atomic mass is 32.2. The molecule has 2 amide bonds. The first-order chi connectivity index (χ1) is 16.9. The van der Waals surface area contributed by atoms with E-state index in [4.69, 9.17) is 10.6 Å². The molecule has 0 bridgehead atoms. The van der Waals surface area contributed by atoms with Crippen LogP contribution in [0, 0.1) is 0 Å². The Morgan fingerprint density at radius 2 is 2.29 bits per heavy atom. The Balaban J connectivity index is 1.37. The van der Waals surface area contributed by atoms with E-state index in [0.717, 1.165) is 17.2 Å². The molecular formula is C19H18N9O5S2+. The topological polar surface area (TPSA) is 181 Å². The number of β-lactam (4-membered cyclic amide) rings is 1. The number of aromatic nitrogens is 5. The van der Waals surface area contributed by atoms with E-state index in [1.54, 1.807) is 29.2 Å². The number of carbonyl (C=O) groups excluding carboxylic acids is 2. The van der Waals surface area contributed by atoms with E-state index in [2.05, 4.69) is 24.9 Å². The van der Waals surface area contributed by atoms with Gasteiger partial charge in [-0.15, -0.1) is 16.3 Å². The second-order valence-corrected chi connectivity index (χ2v) is 9.34. The Bertz CT molecular complexity index is 1410. The lowest BCUT2D eigenvalue weighted by Gasteiger charge is -2.49. The lowest BCUT2D eigenvalue weighted by atomic mass is 10.0. The Morgan fingerprint density at radius 3 is 3.00 bits per heavy atom. The summed E-state index contributed by atoms with van der Waals surface area (Å²) in [5, 5.41) is 19.9. The first kappa shape index (κ1) is 22.7. The van der Waals surface area contributed by atoms with Crippen molar-refractivity contribution in [2.75, 3.05) is 18.6 Å². The van der Waals surface area contributed by atoms with Gasteiger partial charge in [0.2, 0.25) is 11.5 Å². The van der Waals surface area contributed by atoms with Gasteiger partial charge in [-0.1, -0.05) is 10.3 Å². The minimum atomic E-state index is -1.21. The van der Waals surface area contributed by atoms with Gasteiger partial charge < -0.3 is 21.0 Å². The summed E-state index contributed by atoms with van der Waals surface area (Å²) >= 11 is 2.24. The summed E-state index contributed by atoms with van der Waals surface area (Å²) in [6, 6.07) is 2.69. The molecule has 2 aliphatic heterocycles. The quantitative estimate of drug-likeness (QED) is 0.150. The SMILES string of the molecule is CO/N=C(\C(=O)N[C@@H]1C(=O)N2C(C(=O)O)=C(C[n+]3ccn4ncccc43)CSC12)c1nsc(N)n1. The first-order valence-electron chi connectivity index (χ1n) is 10.1. The highest BCUT2D eigenvalue weighted by molar-refractivity contribution is 8.00. The number of rotatable bonds is 7. The summed E-state index contributed by atoms with van der Waals surface area (Å²) in [6.07, 6.45) is 5.21. The molecule has 0 radical (unpaired) electrons. The predicted molar refractivity (Wildman–Crippen MR) is 123 cm³/mol. The molecule has 35 heavy (non-hydrogen) atoms. The van der Waals surface area contributed by atoms with Crippen LogP contribution in [0.2, 0.25) is 0 Å². The van der Waals surface area contributed by atoms with Crippen molar-refractivity contribution in [2.24, 2.45) is 5.16 Å². The fourth-order valence-electron chi connectivity index (χ4n) is 3.90. The van der Waals surface area contributed by atoms with Crippen LogP contribution in [-0.2, 0) is 25.8 Å². The number of hydrogen-bond acceptors (Lipinski definition) is 11. The number of anilines is 1. The number of hydrogen-bond donors (Lipinski definition) is 3. The highest BCUT2D eigenvalue weighted by Crippen LogP contribution is 2.40. The van der Waals surface area contributed by atoms with Gasteiger partial charge in [0, 0.05) is 28.9 Å². The Labute approximate surface area is 205 Å². The summed E-state index contributed by atoms with van der Waals surface area (Å²) < 4.78 is 7.48. The molecule has 1 unspecified atom stereocenters. The Morgan fingerprint density at radius 1 is 1.46 bits per heavy atom. The molecule has 0 aliphatic carbocycles. The van der Waals surface area contributed by atoms with Crippen LogP contribution < -0.4 is 15.6 Å². The Kier molecular flexibility index (Phi) is 5.81. The average Bonchev–Trinajstić information content (AvgIpc) is 3.46. The molecule has 3 aromatic heterocycles. The second-order valence-electron chi connectivity index (χ2n) is 7.45. The molecule has 2 atom stereocenters. The number of thioether (sulfide) groups is 1. The largest absolute Gasteiger partial charge is 0.477 e. The zero-order chi connectivity index (χ0) is 24.7. The van der Waals surface area contributed by atoms with Crippen molar-refractivity contribution in [3.63, 3.8) is 0 Å². The number of imidazole rings is 1. The molecule has 16 heteroatoms. The van der Waals surface area contributed by atoms with Gasteiger partial charge in [0.25, 0.3) is 11.8 Å². The molecule has 5 heterocycles. The molecule has 180 valence electrons.